The van der Waals surface area contributed by atoms with Crippen molar-refractivity contribution in [1.29, 1.82) is 0 Å². The van der Waals surface area contributed by atoms with Gasteiger partial charge in [-0.15, -0.1) is 0 Å². The minimum atomic E-state index is -2.06. The molecular formula is C33H50O9. The van der Waals surface area contributed by atoms with Crippen LogP contribution >= 0.6 is 0 Å². The van der Waals surface area contributed by atoms with Crippen molar-refractivity contribution in [2.45, 2.75) is 128 Å². The first-order chi connectivity index (χ1) is 19.8. The number of allylic oxidation sites excluding steroid dienone is 1. The first-order valence-electron chi connectivity index (χ1n) is 16.2. The summed E-state index contributed by atoms with van der Waals surface area (Å²) in [6.45, 7) is 10.3. The van der Waals surface area contributed by atoms with E-state index >= 15 is 0 Å². The van der Waals surface area contributed by atoms with Crippen LogP contribution in [0.3, 0.4) is 0 Å². The molecule has 15 atom stereocenters. The summed E-state index contributed by atoms with van der Waals surface area (Å²) < 4.78 is 18.9. The summed E-state index contributed by atoms with van der Waals surface area (Å²) in [7, 11) is 0. The highest BCUT2D eigenvalue weighted by Gasteiger charge is 2.68. The van der Waals surface area contributed by atoms with Gasteiger partial charge < -0.3 is 39.4 Å². The van der Waals surface area contributed by atoms with Crippen molar-refractivity contribution in [2.24, 2.45) is 46.3 Å². The largest absolute Gasteiger partial charge is 0.460 e. The Morgan fingerprint density at radius 3 is 2.50 bits per heavy atom. The fourth-order valence-electron chi connectivity index (χ4n) is 10.6. The van der Waals surface area contributed by atoms with Gasteiger partial charge in [-0.1, -0.05) is 39.3 Å². The van der Waals surface area contributed by atoms with Crippen LogP contribution in [0.1, 0.15) is 85.5 Å². The topological polar surface area (TPSA) is 143 Å². The Kier molecular flexibility index (Phi) is 7.97. The van der Waals surface area contributed by atoms with Crippen LogP contribution in [0, 0.1) is 46.3 Å². The lowest BCUT2D eigenvalue weighted by atomic mass is 9.47. The highest BCUT2D eigenvalue weighted by atomic mass is 16.7. The molecule has 0 bridgehead atoms. The predicted octanol–water partition coefficient (Wildman–Crippen LogP) is 2.91. The van der Waals surface area contributed by atoms with E-state index in [1.54, 1.807) is 0 Å². The van der Waals surface area contributed by atoms with Gasteiger partial charge in [0.15, 0.2) is 18.2 Å². The van der Waals surface area contributed by atoms with Gasteiger partial charge in [0.05, 0.1) is 12.7 Å². The van der Waals surface area contributed by atoms with Gasteiger partial charge in [-0.2, -0.15) is 0 Å². The van der Waals surface area contributed by atoms with E-state index in [0.29, 0.717) is 48.3 Å². The minimum Gasteiger partial charge on any atom is -0.460 e. The molecule has 2 aliphatic heterocycles. The Morgan fingerprint density at radius 1 is 1.05 bits per heavy atom. The number of ether oxygens (including phenoxy) is 3. The molecule has 42 heavy (non-hydrogen) atoms. The number of hydrogen-bond acceptors (Lipinski definition) is 9. The van der Waals surface area contributed by atoms with Gasteiger partial charge in [-0.3, -0.25) is 0 Å². The highest BCUT2D eigenvalue weighted by molar-refractivity contribution is 5.75. The summed E-state index contributed by atoms with van der Waals surface area (Å²) in [6.07, 6.45) is 3.05. The fraction of sp³-hybridized carbons (Fsp3) is 0.879. The number of esters is 1. The molecule has 0 aromatic heterocycles. The summed E-state index contributed by atoms with van der Waals surface area (Å²) >= 11 is 0. The number of rotatable bonds is 6. The molecule has 4 aliphatic carbocycles. The molecule has 0 aromatic rings. The average Bonchev–Trinajstić information content (AvgIpc) is 3.42. The summed E-state index contributed by atoms with van der Waals surface area (Å²) in [5.41, 5.74) is 1.59. The van der Waals surface area contributed by atoms with Gasteiger partial charge >= 0.3 is 5.97 Å². The molecule has 2 saturated heterocycles. The predicted molar refractivity (Wildman–Crippen MR) is 152 cm³/mol. The zero-order chi connectivity index (χ0) is 30.2. The molecule has 0 amide bonds. The zero-order valence-electron chi connectivity index (χ0n) is 25.5. The Balaban J connectivity index is 1.12. The van der Waals surface area contributed by atoms with Gasteiger partial charge in [-0.05, 0) is 85.4 Å². The molecule has 5 fully saturated rings. The number of fused-ring (bicyclic) bond motifs is 7. The molecule has 1 spiro atoms. The average molecular weight is 591 g/mol. The second-order valence-corrected chi connectivity index (χ2v) is 15.1. The molecule has 236 valence electrons. The smallest absolute Gasteiger partial charge is 0.338 e. The quantitative estimate of drug-likeness (QED) is 0.209. The second kappa shape index (κ2) is 10.9. The van der Waals surface area contributed by atoms with Crippen molar-refractivity contribution in [3.05, 3.63) is 11.6 Å². The number of aldehydes is 1. The van der Waals surface area contributed by atoms with E-state index in [0.717, 1.165) is 32.3 Å². The number of aliphatic hydroxyl groups is 4. The van der Waals surface area contributed by atoms with Crippen LogP contribution in [-0.2, 0) is 23.8 Å². The third kappa shape index (κ3) is 4.64. The van der Waals surface area contributed by atoms with Gasteiger partial charge in [0.2, 0.25) is 0 Å². The maximum atomic E-state index is 12.6. The van der Waals surface area contributed by atoms with E-state index in [4.69, 9.17) is 14.2 Å². The van der Waals surface area contributed by atoms with Crippen molar-refractivity contribution >= 4 is 12.3 Å². The maximum absolute atomic E-state index is 12.6. The summed E-state index contributed by atoms with van der Waals surface area (Å²) in [4.78, 5) is 23.3. The van der Waals surface area contributed by atoms with Crippen LogP contribution in [0.25, 0.3) is 0 Å². The van der Waals surface area contributed by atoms with Crippen molar-refractivity contribution in [1.82, 2.24) is 0 Å². The standard InChI is InChI=1S/C33H50O9/c1-17-7-12-33(40-16-17)18(2)26-25(42-33)14-23-21-6-5-19-13-20(8-10-31(19,3)22(21)9-11-32(23,26)4)41-30(39)29(38)28(37)27(36)24(35)15-34/h5,15,17-18,20-29,35-38H,6-14,16H2,1-4H3/t17-,18+,20+,21-,22+,23+,24+,25+,26+,27-,28+,29+,31+,32+,33-/m1/s1. The number of carbonyl (C=O) groups is 2. The lowest BCUT2D eigenvalue weighted by Crippen LogP contribution is -2.53. The van der Waals surface area contributed by atoms with E-state index in [1.165, 1.54) is 24.8 Å². The fourth-order valence-corrected chi connectivity index (χ4v) is 10.6. The molecule has 6 aliphatic rings. The third-order valence-corrected chi connectivity index (χ3v) is 13.0. The first kappa shape index (κ1) is 30.7. The van der Waals surface area contributed by atoms with Gasteiger partial charge in [-0.25, -0.2) is 4.79 Å². The van der Waals surface area contributed by atoms with Crippen molar-refractivity contribution in [2.75, 3.05) is 6.61 Å². The maximum Gasteiger partial charge on any atom is 0.338 e. The van der Waals surface area contributed by atoms with E-state index in [2.05, 4.69) is 33.8 Å². The first-order valence-corrected chi connectivity index (χ1v) is 16.2. The van der Waals surface area contributed by atoms with Crippen LogP contribution in [0.4, 0.5) is 0 Å². The van der Waals surface area contributed by atoms with E-state index < -0.39 is 42.3 Å². The minimum absolute atomic E-state index is 0.0313. The molecule has 6 rings (SSSR count). The molecule has 9 nitrogen and oxygen atoms in total. The Hall–Kier alpha value is -1.36. The molecule has 9 heteroatoms. The van der Waals surface area contributed by atoms with Crippen LogP contribution < -0.4 is 0 Å². The highest BCUT2D eigenvalue weighted by Crippen LogP contribution is 2.70. The van der Waals surface area contributed by atoms with Crippen LogP contribution in [0.15, 0.2) is 11.6 Å². The molecule has 0 unspecified atom stereocenters. The molecule has 3 saturated carbocycles. The summed E-state index contributed by atoms with van der Waals surface area (Å²) in [5, 5.41) is 39.5. The lowest BCUT2D eigenvalue weighted by molar-refractivity contribution is -0.272. The van der Waals surface area contributed by atoms with Gasteiger partial charge in [0.25, 0.3) is 0 Å². The number of carbonyl (C=O) groups excluding carboxylic acids is 2. The van der Waals surface area contributed by atoms with Crippen molar-refractivity contribution < 1.29 is 44.2 Å². The normalized spacial score (nSPS) is 49.0. The number of hydrogen-bond donors (Lipinski definition) is 4. The van der Waals surface area contributed by atoms with E-state index in [9.17, 15) is 30.0 Å². The zero-order valence-corrected chi connectivity index (χ0v) is 25.5. The molecular weight excluding hydrogens is 540 g/mol. The Labute approximate surface area is 249 Å². The van der Waals surface area contributed by atoms with Gasteiger partial charge in [0.1, 0.15) is 24.4 Å². The van der Waals surface area contributed by atoms with Crippen LogP contribution in [-0.4, -0.2) is 81.7 Å². The molecule has 4 N–H and O–H groups in total. The van der Waals surface area contributed by atoms with Crippen LogP contribution in [0.5, 0.6) is 0 Å². The third-order valence-electron chi connectivity index (χ3n) is 13.0. The molecule has 2 heterocycles. The molecule has 0 aromatic carbocycles. The second-order valence-electron chi connectivity index (χ2n) is 15.1. The Morgan fingerprint density at radius 2 is 1.81 bits per heavy atom. The van der Waals surface area contributed by atoms with E-state index in [-0.39, 0.29) is 23.2 Å². The SMILES string of the molecule is C[C@@H]1CC[C@@]2(OC1)O[C@H]1C[C@H]3[C@@H]4CC=C5C[C@@H](OC(=O)[C@@H](O)[C@@H](O)[C@H](O)[C@@H](O)C=O)CC[C@]5(C)[C@H]4CC[C@]3(C)[C@H]1[C@@H]2C. The Bertz CT molecular complexity index is 1080. The van der Waals surface area contributed by atoms with E-state index in [1.807, 2.05) is 0 Å². The van der Waals surface area contributed by atoms with Crippen molar-refractivity contribution in [3.8, 4) is 0 Å². The van der Waals surface area contributed by atoms with Crippen LogP contribution in [0.2, 0.25) is 0 Å². The number of aliphatic hydroxyl groups excluding tert-OH is 4. The lowest BCUT2D eigenvalue weighted by Gasteiger charge is -2.58. The summed E-state index contributed by atoms with van der Waals surface area (Å²) in [6, 6.07) is 0. The van der Waals surface area contributed by atoms with Gasteiger partial charge in [0, 0.05) is 18.8 Å². The molecule has 0 radical (unpaired) electrons. The van der Waals surface area contributed by atoms with Crippen molar-refractivity contribution in [3.63, 3.8) is 0 Å². The summed E-state index contributed by atoms with van der Waals surface area (Å²) in [5.74, 6) is 1.84. The monoisotopic (exact) mass is 590 g/mol.